The van der Waals surface area contributed by atoms with Crippen LogP contribution in [0.2, 0.25) is 5.02 Å². The Kier molecular flexibility index (Phi) is 7.39. The van der Waals surface area contributed by atoms with Gasteiger partial charge in [0.1, 0.15) is 13.2 Å². The molecule has 28 heavy (non-hydrogen) atoms. The van der Waals surface area contributed by atoms with Gasteiger partial charge in [-0.3, -0.25) is 9.59 Å². The molecule has 1 aliphatic heterocycles. The quantitative estimate of drug-likeness (QED) is 0.580. The van der Waals surface area contributed by atoms with Crippen molar-refractivity contribution in [3.8, 4) is 0 Å². The molecule has 0 saturated heterocycles. The topological polar surface area (TPSA) is 123 Å². The number of ether oxygens (including phenoxy) is 2. The molecule has 0 fully saturated rings. The Hall–Kier alpha value is -3.07. The zero-order chi connectivity index (χ0) is 20.7. The van der Waals surface area contributed by atoms with E-state index in [-0.39, 0.29) is 31.0 Å². The Morgan fingerprint density at radius 1 is 1.18 bits per heavy atom. The lowest BCUT2D eigenvalue weighted by Crippen LogP contribution is -2.50. The molecule has 0 aromatic heterocycles. The average Bonchev–Trinajstić information content (AvgIpc) is 2.64. The first kappa shape index (κ1) is 21.2. The summed E-state index contributed by atoms with van der Waals surface area (Å²) in [4.78, 5) is 47.6. The second-order valence-corrected chi connectivity index (χ2v) is 6.22. The Morgan fingerprint density at radius 2 is 1.86 bits per heavy atom. The highest BCUT2D eigenvalue weighted by Gasteiger charge is 2.30. The van der Waals surface area contributed by atoms with Crippen LogP contribution in [0.3, 0.4) is 0 Å². The van der Waals surface area contributed by atoms with Crippen molar-refractivity contribution in [2.24, 2.45) is 0 Å². The highest BCUT2D eigenvalue weighted by molar-refractivity contribution is 6.30. The lowest BCUT2D eigenvalue weighted by atomic mass is 10.0. The van der Waals surface area contributed by atoms with Gasteiger partial charge < -0.3 is 25.4 Å². The second kappa shape index (κ2) is 9.75. The van der Waals surface area contributed by atoms with Crippen molar-refractivity contribution < 1.29 is 28.7 Å². The molecular formula is C18H20ClN3O6. The fourth-order valence-electron chi connectivity index (χ4n) is 2.45. The van der Waals surface area contributed by atoms with Crippen molar-refractivity contribution >= 4 is 35.5 Å². The predicted octanol–water partition coefficient (Wildman–Crippen LogP) is 1.13. The molecule has 0 saturated carbocycles. The van der Waals surface area contributed by atoms with Crippen molar-refractivity contribution in [3.05, 3.63) is 46.1 Å². The van der Waals surface area contributed by atoms with Gasteiger partial charge in [-0.05, 0) is 38.1 Å². The minimum atomic E-state index is -0.738. The Balaban J connectivity index is 1.94. The van der Waals surface area contributed by atoms with E-state index in [2.05, 4.69) is 16.0 Å². The summed E-state index contributed by atoms with van der Waals surface area (Å²) in [6, 6.07) is 5.02. The molecule has 1 atom stereocenters. The third-order valence-electron chi connectivity index (χ3n) is 3.74. The summed E-state index contributed by atoms with van der Waals surface area (Å²) < 4.78 is 10.0. The number of urea groups is 1. The summed E-state index contributed by atoms with van der Waals surface area (Å²) in [5.74, 6) is -1.83. The monoisotopic (exact) mass is 409 g/mol. The Morgan fingerprint density at radius 3 is 2.50 bits per heavy atom. The van der Waals surface area contributed by atoms with Gasteiger partial charge in [-0.15, -0.1) is 0 Å². The summed E-state index contributed by atoms with van der Waals surface area (Å²) >= 11 is 5.76. The van der Waals surface area contributed by atoms with Crippen molar-refractivity contribution in [1.82, 2.24) is 16.0 Å². The van der Waals surface area contributed by atoms with E-state index < -0.39 is 29.9 Å². The van der Waals surface area contributed by atoms with E-state index in [1.54, 1.807) is 26.0 Å². The highest BCUT2D eigenvalue weighted by atomic mass is 35.5. The fraction of sp³-hybridized carbons (Fsp3) is 0.333. The SMILES string of the molecule is CCOC(=O)C1=C(COC(=O)CNC(=O)c2ccc(Cl)cc2)NC(=O)N[C@H]1C. The summed E-state index contributed by atoms with van der Waals surface area (Å²) in [6.07, 6.45) is 0. The average molecular weight is 410 g/mol. The molecule has 0 aliphatic carbocycles. The van der Waals surface area contributed by atoms with Gasteiger partial charge in [0, 0.05) is 10.6 Å². The van der Waals surface area contributed by atoms with Crippen LogP contribution in [0.5, 0.6) is 0 Å². The number of carbonyl (C=O) groups excluding carboxylic acids is 4. The molecule has 1 aromatic carbocycles. The number of halogens is 1. The Labute approximate surface area is 166 Å². The van der Waals surface area contributed by atoms with Crippen molar-refractivity contribution in [1.29, 1.82) is 0 Å². The van der Waals surface area contributed by atoms with Gasteiger partial charge in [0.15, 0.2) is 0 Å². The maximum absolute atomic E-state index is 12.1. The van der Waals surface area contributed by atoms with Crippen LogP contribution in [-0.2, 0) is 19.1 Å². The zero-order valence-electron chi connectivity index (χ0n) is 15.3. The number of rotatable bonds is 7. The molecule has 150 valence electrons. The highest BCUT2D eigenvalue weighted by Crippen LogP contribution is 2.14. The molecule has 9 nitrogen and oxygen atoms in total. The van der Waals surface area contributed by atoms with Crippen LogP contribution >= 0.6 is 11.6 Å². The van der Waals surface area contributed by atoms with Crippen molar-refractivity contribution in [2.75, 3.05) is 19.8 Å². The van der Waals surface area contributed by atoms with E-state index in [1.165, 1.54) is 12.1 Å². The van der Waals surface area contributed by atoms with Crippen LogP contribution in [-0.4, -0.2) is 49.7 Å². The van der Waals surface area contributed by atoms with Gasteiger partial charge in [0.25, 0.3) is 5.91 Å². The first-order valence-electron chi connectivity index (χ1n) is 8.48. The maximum atomic E-state index is 12.1. The van der Waals surface area contributed by atoms with Gasteiger partial charge in [0.2, 0.25) is 0 Å². The molecular weight excluding hydrogens is 390 g/mol. The van der Waals surface area contributed by atoms with Gasteiger partial charge >= 0.3 is 18.0 Å². The van der Waals surface area contributed by atoms with E-state index in [4.69, 9.17) is 21.1 Å². The number of nitrogens with one attached hydrogen (secondary N) is 3. The van der Waals surface area contributed by atoms with E-state index >= 15 is 0 Å². The smallest absolute Gasteiger partial charge is 0.338 e. The lowest BCUT2D eigenvalue weighted by molar-refractivity contribution is -0.142. The normalized spacial score (nSPS) is 16.0. The summed E-state index contributed by atoms with van der Waals surface area (Å²) in [5.41, 5.74) is 0.635. The van der Waals surface area contributed by atoms with Gasteiger partial charge in [-0.25, -0.2) is 9.59 Å². The third kappa shape index (κ3) is 5.71. The number of hydrogen-bond donors (Lipinski definition) is 3. The predicted molar refractivity (Wildman–Crippen MR) is 99.5 cm³/mol. The zero-order valence-corrected chi connectivity index (χ0v) is 16.1. The second-order valence-electron chi connectivity index (χ2n) is 5.78. The molecule has 1 aromatic rings. The van der Waals surface area contributed by atoms with E-state index in [9.17, 15) is 19.2 Å². The van der Waals surface area contributed by atoms with E-state index in [1.807, 2.05) is 0 Å². The van der Waals surface area contributed by atoms with Crippen LogP contribution in [0.25, 0.3) is 0 Å². The molecule has 3 N–H and O–H groups in total. The number of amides is 3. The molecule has 1 heterocycles. The molecule has 2 rings (SSSR count). The maximum Gasteiger partial charge on any atom is 0.338 e. The first-order valence-corrected chi connectivity index (χ1v) is 8.86. The minimum Gasteiger partial charge on any atom is -0.463 e. The standard InChI is InChI=1S/C18H20ClN3O6/c1-3-27-17(25)15-10(2)21-18(26)22-13(15)9-28-14(23)8-20-16(24)11-4-6-12(19)7-5-11/h4-7,10H,3,8-9H2,1-2H3,(H,20,24)(H2,21,22,26)/t10-/m0/s1. The molecule has 1 aliphatic rings. The van der Waals surface area contributed by atoms with Crippen molar-refractivity contribution in [3.63, 3.8) is 0 Å². The molecule has 0 spiro atoms. The van der Waals surface area contributed by atoms with Crippen LogP contribution in [0.4, 0.5) is 4.79 Å². The molecule has 10 heteroatoms. The molecule has 3 amide bonds. The van der Waals surface area contributed by atoms with Gasteiger partial charge in [-0.1, -0.05) is 11.6 Å². The van der Waals surface area contributed by atoms with Crippen molar-refractivity contribution in [2.45, 2.75) is 19.9 Å². The van der Waals surface area contributed by atoms with Gasteiger partial charge in [-0.2, -0.15) is 0 Å². The molecule has 0 bridgehead atoms. The number of benzene rings is 1. The first-order chi connectivity index (χ1) is 13.3. The van der Waals surface area contributed by atoms with Crippen LogP contribution in [0.1, 0.15) is 24.2 Å². The third-order valence-corrected chi connectivity index (χ3v) is 3.99. The molecule has 0 unspecified atom stereocenters. The Bertz CT molecular complexity index is 806. The van der Waals surface area contributed by atoms with E-state index in [0.29, 0.717) is 10.6 Å². The van der Waals surface area contributed by atoms with Gasteiger partial charge in [0.05, 0.1) is 23.9 Å². The number of hydrogen-bond acceptors (Lipinski definition) is 6. The lowest BCUT2D eigenvalue weighted by Gasteiger charge is -2.26. The molecule has 0 radical (unpaired) electrons. The van der Waals surface area contributed by atoms with Crippen LogP contribution < -0.4 is 16.0 Å². The number of carbonyl (C=O) groups is 4. The number of esters is 2. The summed E-state index contributed by atoms with van der Waals surface area (Å²) in [7, 11) is 0. The van der Waals surface area contributed by atoms with E-state index in [0.717, 1.165) is 0 Å². The minimum absolute atomic E-state index is 0.132. The van der Waals surface area contributed by atoms with Crippen LogP contribution in [0.15, 0.2) is 35.5 Å². The summed E-state index contributed by atoms with van der Waals surface area (Å²) in [6.45, 7) is 2.69. The fourth-order valence-corrected chi connectivity index (χ4v) is 2.58. The summed E-state index contributed by atoms with van der Waals surface area (Å²) in [5, 5.41) is 7.87. The largest absolute Gasteiger partial charge is 0.463 e. The van der Waals surface area contributed by atoms with Crippen LogP contribution in [0, 0.1) is 0 Å².